The number of hydrogen-bond acceptors (Lipinski definition) is 5. The molecular weight excluding hydrogens is 152 g/mol. The third-order valence-corrected chi connectivity index (χ3v) is 1.75. The van der Waals surface area contributed by atoms with Gasteiger partial charge < -0.3 is 25.2 Å². The van der Waals surface area contributed by atoms with Gasteiger partial charge in [0.05, 0.1) is 12.7 Å². The van der Waals surface area contributed by atoms with Crippen LogP contribution in [-0.4, -0.2) is 45.2 Å². The maximum Gasteiger partial charge on any atom is 0.215 e. The van der Waals surface area contributed by atoms with E-state index in [1.165, 1.54) is 0 Å². The Labute approximate surface area is 63.8 Å². The van der Waals surface area contributed by atoms with Crippen LogP contribution in [0.25, 0.3) is 0 Å². The Morgan fingerprint density at radius 3 is 2.55 bits per heavy atom. The Balaban J connectivity index is 2.48. The molecule has 1 fully saturated rings. The topological polar surface area (TPSA) is 90.2 Å². The highest BCUT2D eigenvalue weighted by molar-refractivity contribution is 4.77. The van der Waals surface area contributed by atoms with E-state index in [-0.39, 0.29) is 13.0 Å². The van der Waals surface area contributed by atoms with E-state index in [9.17, 15) is 0 Å². The molecule has 1 rings (SSSR count). The van der Waals surface area contributed by atoms with Crippen molar-refractivity contribution in [3.05, 3.63) is 0 Å². The van der Waals surface area contributed by atoms with Crippen LogP contribution < -0.4 is 0 Å². The number of hydrogen-bond donors (Lipinski definition) is 4. The Morgan fingerprint density at radius 1 is 1.45 bits per heavy atom. The fraction of sp³-hybridized carbons (Fsp3) is 1.00. The van der Waals surface area contributed by atoms with Crippen LogP contribution in [0.2, 0.25) is 0 Å². The minimum absolute atomic E-state index is 0.0133. The molecule has 11 heavy (non-hydrogen) atoms. The van der Waals surface area contributed by atoms with Gasteiger partial charge in [-0.2, -0.15) is 0 Å². The van der Waals surface area contributed by atoms with Crippen LogP contribution in [0.1, 0.15) is 12.8 Å². The largest absolute Gasteiger partial charge is 0.394 e. The molecule has 0 aromatic carbocycles. The fourth-order valence-corrected chi connectivity index (χ4v) is 0.991. The van der Waals surface area contributed by atoms with E-state index in [1.54, 1.807) is 0 Å². The van der Waals surface area contributed by atoms with Crippen molar-refractivity contribution >= 4 is 0 Å². The quantitative estimate of drug-likeness (QED) is 0.342. The number of rotatable bonds is 1. The van der Waals surface area contributed by atoms with Crippen molar-refractivity contribution in [2.45, 2.75) is 31.0 Å². The van der Waals surface area contributed by atoms with E-state index in [2.05, 4.69) is 4.74 Å². The average molecular weight is 164 g/mol. The van der Waals surface area contributed by atoms with Gasteiger partial charge in [-0.3, -0.25) is 0 Å². The van der Waals surface area contributed by atoms with Crippen molar-refractivity contribution in [2.24, 2.45) is 0 Å². The summed E-state index contributed by atoms with van der Waals surface area (Å²) < 4.78 is 4.66. The summed E-state index contributed by atoms with van der Waals surface area (Å²) in [5.41, 5.74) is 0. The van der Waals surface area contributed by atoms with E-state index in [4.69, 9.17) is 20.4 Å². The third kappa shape index (κ3) is 1.88. The Bertz CT molecular complexity index is 135. The van der Waals surface area contributed by atoms with Crippen LogP contribution in [0.15, 0.2) is 0 Å². The molecule has 1 heterocycles. The van der Waals surface area contributed by atoms with Gasteiger partial charge in [0.15, 0.2) is 0 Å². The molecule has 0 spiro atoms. The number of aliphatic hydroxyl groups is 4. The summed E-state index contributed by atoms with van der Waals surface area (Å²) >= 11 is 0. The zero-order valence-corrected chi connectivity index (χ0v) is 5.97. The monoisotopic (exact) mass is 164 g/mol. The molecule has 0 saturated carbocycles. The normalized spacial score (nSPS) is 37.1. The molecule has 66 valence electrons. The van der Waals surface area contributed by atoms with E-state index in [1.807, 2.05) is 0 Å². The molecule has 1 aliphatic rings. The first kappa shape index (κ1) is 8.89. The minimum atomic E-state index is -2.16. The summed E-state index contributed by atoms with van der Waals surface area (Å²) in [5, 5.41) is 35.4. The molecular formula is C6H12O5. The molecule has 0 amide bonds. The second-order valence-electron chi connectivity index (χ2n) is 2.71. The smallest absolute Gasteiger partial charge is 0.215 e. The molecule has 1 saturated heterocycles. The lowest BCUT2D eigenvalue weighted by atomic mass is 10.0. The van der Waals surface area contributed by atoms with Crippen molar-refractivity contribution in [1.82, 2.24) is 0 Å². The fourth-order valence-electron chi connectivity index (χ4n) is 0.991. The molecule has 4 N–H and O–H groups in total. The molecule has 0 radical (unpaired) electrons. The Morgan fingerprint density at radius 2 is 2.09 bits per heavy atom. The summed E-state index contributed by atoms with van der Waals surface area (Å²) in [5.74, 6) is -2.16. The van der Waals surface area contributed by atoms with E-state index < -0.39 is 18.2 Å². The lowest BCUT2D eigenvalue weighted by Crippen LogP contribution is -2.50. The summed E-state index contributed by atoms with van der Waals surface area (Å²) in [6.07, 6.45) is -1.76. The van der Waals surface area contributed by atoms with Gasteiger partial charge in [-0.05, 0) is 6.42 Å². The third-order valence-electron chi connectivity index (χ3n) is 1.75. The second kappa shape index (κ2) is 3.04. The Hall–Kier alpha value is -0.200. The molecule has 0 aromatic heterocycles. The van der Waals surface area contributed by atoms with Crippen LogP contribution in [0.4, 0.5) is 0 Å². The molecule has 0 aliphatic carbocycles. The first-order valence-electron chi connectivity index (χ1n) is 3.45. The van der Waals surface area contributed by atoms with Crippen LogP contribution in [0.3, 0.4) is 0 Å². The number of ether oxygens (including phenoxy) is 1. The zero-order chi connectivity index (χ0) is 8.48. The summed E-state index contributed by atoms with van der Waals surface area (Å²) in [6.45, 7) is -0.215. The highest BCUT2D eigenvalue weighted by Gasteiger charge is 2.40. The average Bonchev–Trinajstić information content (AvgIpc) is 1.95. The SMILES string of the molecule is OCC1CCC(O)(O)C(O)O1. The highest BCUT2D eigenvalue weighted by Crippen LogP contribution is 2.24. The van der Waals surface area contributed by atoms with E-state index >= 15 is 0 Å². The van der Waals surface area contributed by atoms with Gasteiger partial charge in [0.1, 0.15) is 0 Å². The van der Waals surface area contributed by atoms with Gasteiger partial charge in [-0.1, -0.05) is 0 Å². The molecule has 1 aliphatic heterocycles. The van der Waals surface area contributed by atoms with Crippen molar-refractivity contribution in [1.29, 1.82) is 0 Å². The van der Waals surface area contributed by atoms with Gasteiger partial charge in [0.2, 0.25) is 12.1 Å². The molecule has 2 atom stereocenters. The maximum absolute atomic E-state index is 8.96. The van der Waals surface area contributed by atoms with Gasteiger partial charge in [-0.25, -0.2) is 0 Å². The predicted octanol–water partition coefficient (Wildman–Crippen LogP) is -1.84. The standard InChI is InChI=1S/C6H12O5/c7-3-4-1-2-6(9,10)5(8)11-4/h4-5,7-10H,1-3H2. The molecule has 0 aromatic rings. The first-order chi connectivity index (χ1) is 5.06. The predicted molar refractivity (Wildman–Crippen MR) is 34.4 cm³/mol. The molecule has 5 heteroatoms. The summed E-state index contributed by atoms with van der Waals surface area (Å²) in [6, 6.07) is 0. The highest BCUT2D eigenvalue weighted by atomic mass is 16.7. The lowest BCUT2D eigenvalue weighted by Gasteiger charge is -2.35. The van der Waals surface area contributed by atoms with Crippen molar-refractivity contribution in [3.8, 4) is 0 Å². The van der Waals surface area contributed by atoms with Crippen LogP contribution in [0.5, 0.6) is 0 Å². The van der Waals surface area contributed by atoms with E-state index in [0.29, 0.717) is 6.42 Å². The van der Waals surface area contributed by atoms with Crippen molar-refractivity contribution < 1.29 is 25.2 Å². The van der Waals surface area contributed by atoms with E-state index in [0.717, 1.165) is 0 Å². The van der Waals surface area contributed by atoms with Gasteiger partial charge in [0, 0.05) is 6.42 Å². The second-order valence-corrected chi connectivity index (χ2v) is 2.71. The molecule has 2 unspecified atom stereocenters. The van der Waals surface area contributed by atoms with Crippen LogP contribution in [0, 0.1) is 0 Å². The Kier molecular flexibility index (Phi) is 2.46. The van der Waals surface area contributed by atoms with Crippen LogP contribution >= 0.6 is 0 Å². The lowest BCUT2D eigenvalue weighted by molar-refractivity contribution is -0.342. The molecule has 5 nitrogen and oxygen atoms in total. The first-order valence-corrected chi connectivity index (χ1v) is 3.45. The van der Waals surface area contributed by atoms with Gasteiger partial charge >= 0.3 is 0 Å². The van der Waals surface area contributed by atoms with Gasteiger partial charge in [0.25, 0.3) is 0 Å². The minimum Gasteiger partial charge on any atom is -0.394 e. The van der Waals surface area contributed by atoms with Crippen molar-refractivity contribution in [3.63, 3.8) is 0 Å². The van der Waals surface area contributed by atoms with Crippen LogP contribution in [-0.2, 0) is 4.74 Å². The van der Waals surface area contributed by atoms with Crippen molar-refractivity contribution in [2.75, 3.05) is 6.61 Å². The summed E-state index contributed by atoms with van der Waals surface area (Å²) in [7, 11) is 0. The molecule has 0 bridgehead atoms. The maximum atomic E-state index is 8.96. The van der Waals surface area contributed by atoms with Gasteiger partial charge in [-0.15, -0.1) is 0 Å². The zero-order valence-electron chi connectivity index (χ0n) is 5.97. The summed E-state index contributed by atoms with van der Waals surface area (Å²) in [4.78, 5) is 0. The number of aliphatic hydroxyl groups excluding tert-OH is 2.